The Kier molecular flexibility index (Phi) is 5.72. The quantitative estimate of drug-likeness (QED) is 0.667. The van der Waals surface area contributed by atoms with E-state index in [4.69, 9.17) is 0 Å². The zero-order valence-corrected chi connectivity index (χ0v) is 8.55. The Bertz CT molecular complexity index is 134. The molecule has 0 saturated heterocycles. The molecule has 1 atom stereocenters. The number of rotatable bonds is 5. The molecular formula is C9H20N2O. The summed E-state index contributed by atoms with van der Waals surface area (Å²) in [5, 5.41) is 2.92. The topological polar surface area (TPSA) is 32.3 Å². The van der Waals surface area contributed by atoms with Gasteiger partial charge in [-0.2, -0.15) is 0 Å². The molecule has 1 N–H and O–H groups in total. The number of hydrogen-bond donors (Lipinski definition) is 1. The van der Waals surface area contributed by atoms with Crippen molar-refractivity contribution < 1.29 is 4.79 Å². The maximum atomic E-state index is 11.2. The van der Waals surface area contributed by atoms with Crippen LogP contribution in [0.5, 0.6) is 0 Å². The predicted molar refractivity (Wildman–Crippen MR) is 51.1 cm³/mol. The highest BCUT2D eigenvalue weighted by atomic mass is 16.1. The molecule has 0 saturated carbocycles. The van der Waals surface area contributed by atoms with Gasteiger partial charge in [-0.15, -0.1) is 0 Å². The van der Waals surface area contributed by atoms with Crippen molar-refractivity contribution in [1.82, 2.24) is 10.2 Å². The molecule has 12 heavy (non-hydrogen) atoms. The van der Waals surface area contributed by atoms with Crippen LogP contribution in [0.15, 0.2) is 0 Å². The summed E-state index contributed by atoms with van der Waals surface area (Å²) in [6, 6.07) is 0.305. The first kappa shape index (κ1) is 11.4. The van der Waals surface area contributed by atoms with E-state index in [9.17, 15) is 4.79 Å². The normalized spacial score (nSPS) is 13.1. The van der Waals surface area contributed by atoms with E-state index in [0.717, 1.165) is 13.0 Å². The minimum absolute atomic E-state index is 0.151. The fourth-order valence-electron chi connectivity index (χ4n) is 0.774. The Balaban J connectivity index is 3.46. The van der Waals surface area contributed by atoms with E-state index in [1.165, 1.54) is 0 Å². The molecule has 0 aromatic rings. The molecule has 1 amide bonds. The highest BCUT2D eigenvalue weighted by Crippen LogP contribution is 1.90. The van der Waals surface area contributed by atoms with Crippen LogP contribution in [0.1, 0.15) is 26.7 Å². The molecule has 0 spiro atoms. The number of nitrogens with zero attached hydrogens (tertiary/aromatic N) is 1. The van der Waals surface area contributed by atoms with E-state index in [0.29, 0.717) is 12.5 Å². The molecule has 0 rings (SSSR count). The number of hydrogen-bond acceptors (Lipinski definition) is 2. The summed E-state index contributed by atoms with van der Waals surface area (Å²) in [4.78, 5) is 13.2. The number of amides is 1. The van der Waals surface area contributed by atoms with Gasteiger partial charge in [-0.1, -0.05) is 6.92 Å². The monoisotopic (exact) mass is 172 g/mol. The number of nitrogens with one attached hydrogen (secondary N) is 1. The first-order valence-electron chi connectivity index (χ1n) is 4.50. The zero-order valence-electron chi connectivity index (χ0n) is 8.55. The molecule has 72 valence electrons. The average molecular weight is 172 g/mol. The Morgan fingerprint density at radius 2 is 2.08 bits per heavy atom. The van der Waals surface area contributed by atoms with Crippen LogP contribution >= 0.6 is 0 Å². The van der Waals surface area contributed by atoms with Gasteiger partial charge in [-0.05, 0) is 27.4 Å². The largest absolute Gasteiger partial charge is 0.354 e. The third-order valence-corrected chi connectivity index (χ3v) is 1.81. The minimum Gasteiger partial charge on any atom is -0.354 e. The molecule has 0 fully saturated rings. The van der Waals surface area contributed by atoms with Crippen LogP contribution < -0.4 is 5.32 Å². The highest BCUT2D eigenvalue weighted by molar-refractivity contribution is 5.76. The third kappa shape index (κ3) is 6.16. The summed E-state index contributed by atoms with van der Waals surface area (Å²) in [5.41, 5.74) is 0. The van der Waals surface area contributed by atoms with Crippen molar-refractivity contribution in [3.05, 3.63) is 0 Å². The smallest absolute Gasteiger partial charge is 0.221 e. The fraction of sp³-hybridized carbons (Fsp3) is 0.889. The Hall–Kier alpha value is -0.570. The predicted octanol–water partition coefficient (Wildman–Crippen LogP) is 0.853. The molecule has 0 aliphatic carbocycles. The summed E-state index contributed by atoms with van der Waals surface area (Å²) in [7, 11) is 3.94. The molecule has 0 aromatic heterocycles. The maximum Gasteiger partial charge on any atom is 0.221 e. The molecule has 0 aliphatic heterocycles. The number of carbonyl (C=O) groups excluding carboxylic acids is 1. The SMILES string of the molecule is CCC(C)NC(=O)CCN(C)C. The van der Waals surface area contributed by atoms with Gasteiger partial charge in [0.2, 0.25) is 5.91 Å². The average Bonchev–Trinajstić information content (AvgIpc) is 2.00. The molecule has 3 heteroatoms. The lowest BCUT2D eigenvalue weighted by Crippen LogP contribution is -2.33. The van der Waals surface area contributed by atoms with Crippen molar-refractivity contribution in [2.45, 2.75) is 32.7 Å². The molecule has 0 radical (unpaired) electrons. The van der Waals surface area contributed by atoms with Crippen molar-refractivity contribution in [3.8, 4) is 0 Å². The first-order valence-corrected chi connectivity index (χ1v) is 4.50. The Morgan fingerprint density at radius 1 is 1.50 bits per heavy atom. The van der Waals surface area contributed by atoms with Gasteiger partial charge in [0.25, 0.3) is 0 Å². The lowest BCUT2D eigenvalue weighted by molar-refractivity contribution is -0.121. The van der Waals surface area contributed by atoms with Crippen molar-refractivity contribution in [2.24, 2.45) is 0 Å². The lowest BCUT2D eigenvalue weighted by Gasteiger charge is -2.13. The van der Waals surface area contributed by atoms with Crippen molar-refractivity contribution in [1.29, 1.82) is 0 Å². The lowest BCUT2D eigenvalue weighted by atomic mass is 10.2. The van der Waals surface area contributed by atoms with Crippen LogP contribution in [0.4, 0.5) is 0 Å². The van der Waals surface area contributed by atoms with Gasteiger partial charge < -0.3 is 10.2 Å². The van der Waals surface area contributed by atoms with Crippen molar-refractivity contribution in [3.63, 3.8) is 0 Å². The minimum atomic E-state index is 0.151. The van der Waals surface area contributed by atoms with Gasteiger partial charge in [-0.3, -0.25) is 4.79 Å². The summed E-state index contributed by atoms with van der Waals surface area (Å²) in [6.45, 7) is 4.91. The number of carbonyl (C=O) groups is 1. The molecule has 1 unspecified atom stereocenters. The molecule has 0 bridgehead atoms. The van der Waals surface area contributed by atoms with E-state index in [-0.39, 0.29) is 5.91 Å². The highest BCUT2D eigenvalue weighted by Gasteiger charge is 2.04. The summed E-state index contributed by atoms with van der Waals surface area (Å²) in [5.74, 6) is 0.151. The molecule has 0 aliphatic rings. The van der Waals surface area contributed by atoms with Gasteiger partial charge in [0.1, 0.15) is 0 Å². The van der Waals surface area contributed by atoms with Crippen molar-refractivity contribution >= 4 is 5.91 Å². The van der Waals surface area contributed by atoms with Crippen LogP contribution in [0.3, 0.4) is 0 Å². The third-order valence-electron chi connectivity index (χ3n) is 1.81. The van der Waals surface area contributed by atoms with Crippen LogP contribution in [-0.2, 0) is 4.79 Å². The standard InChI is InChI=1S/C9H20N2O/c1-5-8(2)10-9(12)6-7-11(3)4/h8H,5-7H2,1-4H3,(H,10,12). The molecular weight excluding hydrogens is 152 g/mol. The van der Waals surface area contributed by atoms with Crippen molar-refractivity contribution in [2.75, 3.05) is 20.6 Å². The van der Waals surface area contributed by atoms with Gasteiger partial charge in [0.05, 0.1) is 0 Å². The van der Waals surface area contributed by atoms with Crippen LogP contribution in [-0.4, -0.2) is 37.5 Å². The molecule has 3 nitrogen and oxygen atoms in total. The first-order chi connectivity index (χ1) is 5.56. The van der Waals surface area contributed by atoms with Crippen LogP contribution in [0, 0.1) is 0 Å². The van der Waals surface area contributed by atoms with Gasteiger partial charge in [-0.25, -0.2) is 0 Å². The molecule has 0 aromatic carbocycles. The summed E-state index contributed by atoms with van der Waals surface area (Å²) < 4.78 is 0. The van der Waals surface area contributed by atoms with E-state index in [2.05, 4.69) is 12.2 Å². The second-order valence-electron chi connectivity index (χ2n) is 3.43. The van der Waals surface area contributed by atoms with E-state index >= 15 is 0 Å². The van der Waals surface area contributed by atoms with E-state index in [1.54, 1.807) is 0 Å². The van der Waals surface area contributed by atoms with Crippen LogP contribution in [0.25, 0.3) is 0 Å². The summed E-state index contributed by atoms with van der Waals surface area (Å²) >= 11 is 0. The van der Waals surface area contributed by atoms with E-state index < -0.39 is 0 Å². The Morgan fingerprint density at radius 3 is 2.50 bits per heavy atom. The second kappa shape index (κ2) is 6.00. The summed E-state index contributed by atoms with van der Waals surface area (Å²) in [6.07, 6.45) is 1.59. The second-order valence-corrected chi connectivity index (χ2v) is 3.43. The fourth-order valence-corrected chi connectivity index (χ4v) is 0.774. The van der Waals surface area contributed by atoms with Gasteiger partial charge in [0, 0.05) is 19.0 Å². The van der Waals surface area contributed by atoms with Gasteiger partial charge in [0.15, 0.2) is 0 Å². The van der Waals surface area contributed by atoms with Crippen LogP contribution in [0.2, 0.25) is 0 Å². The van der Waals surface area contributed by atoms with Gasteiger partial charge >= 0.3 is 0 Å². The Labute approximate surface area is 75.1 Å². The zero-order chi connectivity index (χ0) is 9.56. The maximum absolute atomic E-state index is 11.2. The molecule has 0 heterocycles. The van der Waals surface area contributed by atoms with E-state index in [1.807, 2.05) is 25.9 Å².